The molecular weight excluding hydrogens is 286 g/mol. The minimum atomic E-state index is 0.790. The second kappa shape index (κ2) is 7.40. The summed E-state index contributed by atoms with van der Waals surface area (Å²) in [5.41, 5.74) is 3.21. The molecule has 0 atom stereocenters. The third kappa shape index (κ3) is 4.07. The minimum Gasteiger partial charge on any atom is -0.497 e. The zero-order valence-corrected chi connectivity index (χ0v) is 13.1. The fourth-order valence-corrected chi connectivity index (χ4v) is 2.32. The van der Waals surface area contributed by atoms with Gasteiger partial charge in [0.2, 0.25) is 0 Å². The number of nitrogens with zero attached hydrogens (tertiary/aromatic N) is 2. The average Bonchev–Trinajstić information content (AvgIpc) is 2.64. The Kier molecular flexibility index (Phi) is 4.84. The van der Waals surface area contributed by atoms with Crippen molar-refractivity contribution < 1.29 is 4.74 Å². The molecule has 1 aromatic heterocycles. The highest BCUT2D eigenvalue weighted by Gasteiger charge is 2.00. The quantitative estimate of drug-likeness (QED) is 0.752. The predicted octanol–water partition coefficient (Wildman–Crippen LogP) is 3.81. The first-order valence-corrected chi connectivity index (χ1v) is 7.61. The summed E-state index contributed by atoms with van der Waals surface area (Å²) in [6, 6.07) is 22.1. The van der Waals surface area contributed by atoms with Crippen molar-refractivity contribution in [1.82, 2.24) is 10.2 Å². The average molecular weight is 305 g/mol. The lowest BCUT2D eigenvalue weighted by Gasteiger charge is -2.07. The van der Waals surface area contributed by atoms with Gasteiger partial charge in [0.1, 0.15) is 11.6 Å². The van der Waals surface area contributed by atoms with E-state index in [1.54, 1.807) is 7.11 Å². The SMILES string of the molecule is COc1ccc(CCNc2ccc(-c3ccccc3)nn2)cc1. The number of ether oxygens (including phenoxy) is 1. The number of methoxy groups -OCH3 is 1. The molecule has 0 saturated carbocycles. The van der Waals surface area contributed by atoms with Crippen molar-refractivity contribution in [3.8, 4) is 17.0 Å². The van der Waals surface area contributed by atoms with E-state index in [0.717, 1.165) is 35.8 Å². The molecule has 3 aromatic rings. The highest BCUT2D eigenvalue weighted by Crippen LogP contribution is 2.16. The topological polar surface area (TPSA) is 47.0 Å². The zero-order chi connectivity index (χ0) is 15.9. The number of nitrogens with one attached hydrogen (secondary N) is 1. The molecule has 116 valence electrons. The monoisotopic (exact) mass is 305 g/mol. The number of hydrogen-bond acceptors (Lipinski definition) is 4. The van der Waals surface area contributed by atoms with Gasteiger partial charge >= 0.3 is 0 Å². The van der Waals surface area contributed by atoms with Gasteiger partial charge in [-0.2, -0.15) is 0 Å². The Balaban J connectivity index is 1.54. The van der Waals surface area contributed by atoms with Crippen LogP contribution in [-0.2, 0) is 6.42 Å². The van der Waals surface area contributed by atoms with Crippen LogP contribution in [0.3, 0.4) is 0 Å². The van der Waals surface area contributed by atoms with Gasteiger partial charge < -0.3 is 10.1 Å². The normalized spacial score (nSPS) is 10.3. The van der Waals surface area contributed by atoms with Crippen molar-refractivity contribution >= 4 is 5.82 Å². The molecule has 1 N–H and O–H groups in total. The third-order valence-corrected chi connectivity index (χ3v) is 3.61. The van der Waals surface area contributed by atoms with Crippen LogP contribution >= 0.6 is 0 Å². The predicted molar refractivity (Wildman–Crippen MR) is 92.7 cm³/mol. The summed E-state index contributed by atoms with van der Waals surface area (Å²) < 4.78 is 5.16. The molecule has 4 nitrogen and oxygen atoms in total. The van der Waals surface area contributed by atoms with Gasteiger partial charge in [-0.1, -0.05) is 42.5 Å². The Morgan fingerprint density at radius 3 is 2.30 bits per heavy atom. The van der Waals surface area contributed by atoms with Crippen LogP contribution in [0.5, 0.6) is 5.75 Å². The maximum Gasteiger partial charge on any atom is 0.148 e. The molecule has 0 unspecified atom stereocenters. The van der Waals surface area contributed by atoms with Gasteiger partial charge in [0.05, 0.1) is 12.8 Å². The van der Waals surface area contributed by atoms with Gasteiger partial charge in [0.15, 0.2) is 0 Å². The summed E-state index contributed by atoms with van der Waals surface area (Å²) in [5, 5.41) is 11.8. The van der Waals surface area contributed by atoms with Gasteiger partial charge in [-0.3, -0.25) is 0 Å². The molecule has 0 aliphatic rings. The van der Waals surface area contributed by atoms with Crippen molar-refractivity contribution in [2.24, 2.45) is 0 Å². The molecule has 0 saturated heterocycles. The Bertz CT molecular complexity index is 725. The lowest BCUT2D eigenvalue weighted by molar-refractivity contribution is 0.414. The maximum atomic E-state index is 5.16. The van der Waals surface area contributed by atoms with E-state index in [4.69, 9.17) is 4.74 Å². The summed E-state index contributed by atoms with van der Waals surface area (Å²) in [6.45, 7) is 0.811. The van der Waals surface area contributed by atoms with E-state index < -0.39 is 0 Å². The number of anilines is 1. The molecule has 1 heterocycles. The van der Waals surface area contributed by atoms with Crippen molar-refractivity contribution in [2.75, 3.05) is 19.0 Å². The number of benzene rings is 2. The van der Waals surface area contributed by atoms with Crippen LogP contribution in [-0.4, -0.2) is 23.9 Å². The molecule has 0 amide bonds. The Labute approximate surface area is 136 Å². The Hall–Kier alpha value is -2.88. The molecule has 0 fully saturated rings. The minimum absolute atomic E-state index is 0.790. The summed E-state index contributed by atoms with van der Waals surface area (Å²) in [6.07, 6.45) is 0.923. The first kappa shape index (κ1) is 15.0. The molecular formula is C19H19N3O. The third-order valence-electron chi connectivity index (χ3n) is 3.61. The van der Waals surface area contributed by atoms with Crippen LogP contribution in [0.4, 0.5) is 5.82 Å². The first-order chi connectivity index (χ1) is 11.3. The molecule has 23 heavy (non-hydrogen) atoms. The summed E-state index contributed by atoms with van der Waals surface area (Å²) in [4.78, 5) is 0. The highest BCUT2D eigenvalue weighted by atomic mass is 16.5. The lowest BCUT2D eigenvalue weighted by Crippen LogP contribution is -2.07. The summed E-state index contributed by atoms with van der Waals surface area (Å²) in [7, 11) is 1.67. The van der Waals surface area contributed by atoms with Crippen LogP contribution in [0.15, 0.2) is 66.7 Å². The molecule has 0 radical (unpaired) electrons. The van der Waals surface area contributed by atoms with Crippen molar-refractivity contribution in [2.45, 2.75) is 6.42 Å². The van der Waals surface area contributed by atoms with Crippen LogP contribution in [0.2, 0.25) is 0 Å². The smallest absolute Gasteiger partial charge is 0.148 e. The van der Waals surface area contributed by atoms with Crippen LogP contribution in [0.1, 0.15) is 5.56 Å². The maximum absolute atomic E-state index is 5.16. The molecule has 0 aliphatic carbocycles. The van der Waals surface area contributed by atoms with E-state index in [0.29, 0.717) is 0 Å². The van der Waals surface area contributed by atoms with E-state index in [1.165, 1.54) is 5.56 Å². The standard InChI is InChI=1S/C19H19N3O/c1-23-17-9-7-15(8-10-17)13-14-20-19-12-11-18(21-22-19)16-5-3-2-4-6-16/h2-12H,13-14H2,1H3,(H,20,22). The van der Waals surface area contributed by atoms with E-state index in [2.05, 4.69) is 27.6 Å². The Morgan fingerprint density at radius 1 is 0.870 bits per heavy atom. The van der Waals surface area contributed by atoms with Gasteiger partial charge in [-0.25, -0.2) is 0 Å². The van der Waals surface area contributed by atoms with E-state index >= 15 is 0 Å². The zero-order valence-electron chi connectivity index (χ0n) is 13.1. The number of aromatic nitrogens is 2. The first-order valence-electron chi connectivity index (χ1n) is 7.61. The molecule has 0 bridgehead atoms. The fraction of sp³-hybridized carbons (Fsp3) is 0.158. The van der Waals surface area contributed by atoms with Crippen molar-refractivity contribution in [3.63, 3.8) is 0 Å². The van der Waals surface area contributed by atoms with Crippen LogP contribution in [0.25, 0.3) is 11.3 Å². The van der Waals surface area contributed by atoms with E-state index in [-0.39, 0.29) is 0 Å². The van der Waals surface area contributed by atoms with E-state index in [1.807, 2.05) is 54.6 Å². The molecule has 0 aliphatic heterocycles. The number of hydrogen-bond donors (Lipinski definition) is 1. The van der Waals surface area contributed by atoms with Gasteiger partial charge in [-0.05, 0) is 36.2 Å². The fourth-order valence-electron chi connectivity index (χ4n) is 2.32. The molecule has 2 aromatic carbocycles. The van der Waals surface area contributed by atoms with Gasteiger partial charge in [-0.15, -0.1) is 10.2 Å². The largest absolute Gasteiger partial charge is 0.497 e. The molecule has 0 spiro atoms. The second-order valence-corrected chi connectivity index (χ2v) is 5.19. The lowest BCUT2D eigenvalue weighted by atomic mass is 10.1. The van der Waals surface area contributed by atoms with E-state index in [9.17, 15) is 0 Å². The van der Waals surface area contributed by atoms with Crippen LogP contribution < -0.4 is 10.1 Å². The van der Waals surface area contributed by atoms with Crippen molar-refractivity contribution in [3.05, 3.63) is 72.3 Å². The summed E-state index contributed by atoms with van der Waals surface area (Å²) in [5.74, 6) is 1.67. The number of rotatable bonds is 6. The van der Waals surface area contributed by atoms with Crippen molar-refractivity contribution in [1.29, 1.82) is 0 Å². The Morgan fingerprint density at radius 2 is 1.65 bits per heavy atom. The molecule has 4 heteroatoms. The molecule has 3 rings (SSSR count). The summed E-state index contributed by atoms with van der Waals surface area (Å²) >= 11 is 0. The van der Waals surface area contributed by atoms with Crippen LogP contribution in [0, 0.1) is 0 Å². The van der Waals surface area contributed by atoms with Gasteiger partial charge in [0, 0.05) is 12.1 Å². The highest BCUT2D eigenvalue weighted by molar-refractivity contribution is 5.59. The van der Waals surface area contributed by atoms with Gasteiger partial charge in [0.25, 0.3) is 0 Å². The second-order valence-electron chi connectivity index (χ2n) is 5.19.